The van der Waals surface area contributed by atoms with Gasteiger partial charge >= 0.3 is 17.9 Å². The molecular weight excluding hydrogens is 949 g/mol. The third-order valence-corrected chi connectivity index (χ3v) is 13.5. The Hall–Kier alpha value is -4.19. The molecule has 0 aliphatic carbocycles. The Morgan fingerprint density at radius 1 is 0.273 bits per heavy atom. The summed E-state index contributed by atoms with van der Waals surface area (Å²) in [6.45, 7) is 6.39. The summed E-state index contributed by atoms with van der Waals surface area (Å²) in [4.78, 5) is 38.3. The summed E-state index contributed by atoms with van der Waals surface area (Å²) in [7, 11) is 0. The molecule has 6 heteroatoms. The topological polar surface area (TPSA) is 78.9 Å². The van der Waals surface area contributed by atoms with Crippen molar-refractivity contribution in [3.8, 4) is 0 Å². The molecule has 0 heterocycles. The highest BCUT2D eigenvalue weighted by atomic mass is 16.6. The van der Waals surface area contributed by atoms with Gasteiger partial charge in [-0.05, 0) is 109 Å². The van der Waals surface area contributed by atoms with Crippen LogP contribution in [-0.2, 0) is 28.6 Å². The monoisotopic (exact) mass is 1070 g/mol. The minimum absolute atomic E-state index is 0.0957. The normalized spacial score (nSPS) is 12.9. The van der Waals surface area contributed by atoms with Crippen molar-refractivity contribution in [2.75, 3.05) is 13.2 Å². The average Bonchev–Trinajstić information content (AvgIpc) is 3.43. The van der Waals surface area contributed by atoms with E-state index in [9.17, 15) is 14.4 Å². The highest BCUT2D eigenvalue weighted by Gasteiger charge is 2.19. The number of hydrogen-bond acceptors (Lipinski definition) is 6. The van der Waals surface area contributed by atoms with Crippen molar-refractivity contribution in [3.63, 3.8) is 0 Å². The first kappa shape index (κ1) is 72.8. The van der Waals surface area contributed by atoms with Crippen LogP contribution in [0.5, 0.6) is 0 Å². The van der Waals surface area contributed by atoms with Gasteiger partial charge in [0.1, 0.15) is 13.2 Å². The predicted molar refractivity (Wildman–Crippen MR) is 334 cm³/mol. The smallest absolute Gasteiger partial charge is 0.306 e. The molecule has 0 fully saturated rings. The van der Waals surface area contributed by atoms with E-state index in [1.165, 1.54) is 128 Å². The molecule has 0 bridgehead atoms. The van der Waals surface area contributed by atoms with Crippen molar-refractivity contribution < 1.29 is 28.6 Å². The summed E-state index contributed by atoms with van der Waals surface area (Å²) in [6, 6.07) is 0. The number of unbranched alkanes of at least 4 members (excludes halogenated alkanes) is 26. The molecule has 0 amide bonds. The lowest BCUT2D eigenvalue weighted by atomic mass is 10.0. The number of rotatable bonds is 57. The van der Waals surface area contributed by atoms with E-state index in [-0.39, 0.29) is 37.5 Å². The largest absolute Gasteiger partial charge is 0.462 e. The predicted octanol–water partition coefficient (Wildman–Crippen LogP) is 22.0. The quantitative estimate of drug-likeness (QED) is 0.0261. The number of carbonyl (C=O) groups is 3. The van der Waals surface area contributed by atoms with Crippen LogP contribution in [0.2, 0.25) is 0 Å². The third-order valence-electron chi connectivity index (χ3n) is 13.5. The fraction of sp³-hybridized carbons (Fsp3) is 0.676. The fourth-order valence-corrected chi connectivity index (χ4v) is 8.73. The van der Waals surface area contributed by atoms with Crippen LogP contribution in [0.1, 0.15) is 290 Å². The summed E-state index contributed by atoms with van der Waals surface area (Å²) in [5, 5.41) is 0. The minimum Gasteiger partial charge on any atom is -0.462 e. The molecule has 0 saturated heterocycles. The molecule has 0 radical (unpaired) electrons. The molecule has 0 N–H and O–H groups in total. The number of carbonyl (C=O) groups excluding carboxylic acids is 3. The first-order valence-corrected chi connectivity index (χ1v) is 32.0. The zero-order valence-corrected chi connectivity index (χ0v) is 50.2. The molecule has 77 heavy (non-hydrogen) atoms. The summed E-state index contributed by atoms with van der Waals surface area (Å²) >= 11 is 0. The lowest BCUT2D eigenvalue weighted by Crippen LogP contribution is -2.30. The Morgan fingerprint density at radius 3 is 0.818 bits per heavy atom. The molecule has 0 aromatic heterocycles. The maximum absolute atomic E-state index is 12.9. The lowest BCUT2D eigenvalue weighted by molar-refractivity contribution is -0.167. The van der Waals surface area contributed by atoms with Crippen LogP contribution in [0.3, 0.4) is 0 Å². The van der Waals surface area contributed by atoms with Crippen LogP contribution in [0.25, 0.3) is 0 Å². The van der Waals surface area contributed by atoms with E-state index in [1.54, 1.807) is 0 Å². The molecule has 0 aromatic rings. The van der Waals surface area contributed by atoms with Crippen molar-refractivity contribution >= 4 is 17.9 Å². The maximum Gasteiger partial charge on any atom is 0.306 e. The number of ether oxygens (including phenoxy) is 3. The number of hydrogen-bond donors (Lipinski definition) is 0. The highest BCUT2D eigenvalue weighted by molar-refractivity contribution is 5.71. The van der Waals surface area contributed by atoms with Gasteiger partial charge in [-0.3, -0.25) is 14.4 Å². The molecule has 0 aliphatic rings. The van der Waals surface area contributed by atoms with E-state index >= 15 is 0 Å². The molecule has 0 rings (SSSR count). The first-order chi connectivity index (χ1) is 38.0. The molecule has 438 valence electrons. The molecule has 0 saturated carbocycles. The second-order valence-electron chi connectivity index (χ2n) is 20.9. The summed E-state index contributed by atoms with van der Waals surface area (Å²) in [6.07, 6.45) is 89.2. The van der Waals surface area contributed by atoms with Crippen molar-refractivity contribution in [1.29, 1.82) is 0 Å². The third kappa shape index (κ3) is 62.5. The van der Waals surface area contributed by atoms with Gasteiger partial charge in [0.2, 0.25) is 0 Å². The Bertz CT molecular complexity index is 1600. The van der Waals surface area contributed by atoms with E-state index in [1.807, 2.05) is 0 Å². The van der Waals surface area contributed by atoms with Gasteiger partial charge in [-0.2, -0.15) is 0 Å². The van der Waals surface area contributed by atoms with Crippen molar-refractivity contribution in [2.24, 2.45) is 0 Å². The summed E-state index contributed by atoms with van der Waals surface area (Å²) in [5.41, 5.74) is 0. The Balaban J connectivity index is 4.40. The van der Waals surface area contributed by atoms with Crippen molar-refractivity contribution in [2.45, 2.75) is 297 Å². The van der Waals surface area contributed by atoms with Crippen LogP contribution < -0.4 is 0 Å². The van der Waals surface area contributed by atoms with Gasteiger partial charge in [-0.1, -0.05) is 284 Å². The van der Waals surface area contributed by atoms with Crippen LogP contribution in [-0.4, -0.2) is 37.2 Å². The molecular formula is C71H118O6. The van der Waals surface area contributed by atoms with E-state index in [2.05, 4.69) is 142 Å². The standard InChI is InChI=1S/C71H118O6/c1-4-7-10-13-16-19-22-25-27-29-31-33-34-35-36-38-39-41-43-46-49-52-55-58-61-64-70(73)76-67-68(66-75-69(72)63-60-57-54-51-48-45-24-21-18-15-12-9-6-3)77-71(74)65-62-59-56-53-50-47-44-42-40-37-32-30-28-26-23-20-17-14-11-8-5-2/h7-8,10-11,16-17,19-20,25-28,31-33,37,42,44,50,53,68H,4-6,9,12-15,18,21-24,29-30,34-36,38-41,43,45-49,51-52,54-67H2,1-3H3/b10-7-,11-8-,19-16-,20-17-,27-25-,28-26-,33-31-,37-32-,44-42-,53-50-. The van der Waals surface area contributed by atoms with E-state index in [0.29, 0.717) is 19.3 Å². The van der Waals surface area contributed by atoms with Crippen molar-refractivity contribution in [1.82, 2.24) is 0 Å². The van der Waals surface area contributed by atoms with Crippen LogP contribution in [0.15, 0.2) is 122 Å². The van der Waals surface area contributed by atoms with Gasteiger partial charge in [0.15, 0.2) is 6.10 Å². The van der Waals surface area contributed by atoms with E-state index in [0.717, 1.165) is 116 Å². The van der Waals surface area contributed by atoms with Gasteiger partial charge in [-0.15, -0.1) is 0 Å². The number of allylic oxidation sites excluding steroid dienone is 20. The van der Waals surface area contributed by atoms with Gasteiger partial charge < -0.3 is 14.2 Å². The summed E-state index contributed by atoms with van der Waals surface area (Å²) in [5.74, 6) is -0.935. The Morgan fingerprint density at radius 2 is 0.506 bits per heavy atom. The van der Waals surface area contributed by atoms with Crippen molar-refractivity contribution in [3.05, 3.63) is 122 Å². The molecule has 0 spiro atoms. The molecule has 1 atom stereocenters. The van der Waals surface area contributed by atoms with Gasteiger partial charge in [0.25, 0.3) is 0 Å². The average molecular weight is 1070 g/mol. The maximum atomic E-state index is 12.9. The van der Waals surface area contributed by atoms with Gasteiger partial charge in [0, 0.05) is 19.3 Å². The minimum atomic E-state index is -0.804. The lowest BCUT2D eigenvalue weighted by Gasteiger charge is -2.18. The Labute approximate surface area is 475 Å². The molecule has 0 aliphatic heterocycles. The molecule has 1 unspecified atom stereocenters. The second-order valence-corrected chi connectivity index (χ2v) is 20.9. The zero-order valence-electron chi connectivity index (χ0n) is 50.2. The summed E-state index contributed by atoms with van der Waals surface area (Å²) < 4.78 is 16.9. The van der Waals surface area contributed by atoms with Crippen LogP contribution in [0.4, 0.5) is 0 Å². The highest BCUT2D eigenvalue weighted by Crippen LogP contribution is 2.16. The second kappa shape index (κ2) is 64.3. The number of esters is 3. The van der Waals surface area contributed by atoms with E-state index in [4.69, 9.17) is 14.2 Å². The van der Waals surface area contributed by atoms with Gasteiger partial charge in [-0.25, -0.2) is 0 Å². The SMILES string of the molecule is CC/C=C\C/C=C\C/C=C\C/C=C\C/C=C\C/C=C\CCCCC(=O)OC(COC(=O)CCCCCCCCCCCCCCC)COC(=O)CCCCCCCCCCCCCC/C=C\C/C=C\C/C=C\C/C=C\CC. The molecule has 0 aromatic carbocycles. The molecule has 6 nitrogen and oxygen atoms in total. The van der Waals surface area contributed by atoms with Crippen LogP contribution >= 0.6 is 0 Å². The van der Waals surface area contributed by atoms with E-state index < -0.39 is 6.10 Å². The fourth-order valence-electron chi connectivity index (χ4n) is 8.73. The Kier molecular flexibility index (Phi) is 60.8. The van der Waals surface area contributed by atoms with Gasteiger partial charge in [0.05, 0.1) is 0 Å². The zero-order chi connectivity index (χ0) is 55.7. The van der Waals surface area contributed by atoms with Crippen LogP contribution in [0, 0.1) is 0 Å². The first-order valence-electron chi connectivity index (χ1n) is 32.0.